The summed E-state index contributed by atoms with van der Waals surface area (Å²) < 4.78 is 0. The number of aliphatic hydroxyl groups excluding tert-OH is 1. The number of aliphatic hydroxyl groups is 1. The van der Waals surface area contributed by atoms with E-state index in [1.54, 1.807) is 0 Å². The van der Waals surface area contributed by atoms with Crippen LogP contribution in [0, 0.1) is 0 Å². The third-order valence-corrected chi connectivity index (χ3v) is 2.72. The lowest BCUT2D eigenvalue weighted by molar-refractivity contribution is 0.170. The first-order chi connectivity index (χ1) is 8.22. The quantitative estimate of drug-likeness (QED) is 0.617. The van der Waals surface area contributed by atoms with Gasteiger partial charge < -0.3 is 15.7 Å². The zero-order valence-electron chi connectivity index (χ0n) is 10.2. The molecule has 17 heavy (non-hydrogen) atoms. The number of nitrogens with one attached hydrogen (secondary N) is 2. The largest absolute Gasteiger partial charge is 0.390 e. The maximum absolute atomic E-state index is 9.58. The highest BCUT2D eigenvalue weighted by Crippen LogP contribution is 2.10. The van der Waals surface area contributed by atoms with Crippen molar-refractivity contribution in [2.75, 3.05) is 26.2 Å². The summed E-state index contributed by atoms with van der Waals surface area (Å²) in [5.41, 5.74) is 1.21. The monoisotopic (exact) mass is 256 g/mol. The van der Waals surface area contributed by atoms with E-state index in [9.17, 15) is 5.11 Å². The average molecular weight is 257 g/mol. The number of hydrogen-bond acceptors (Lipinski definition) is 3. The maximum Gasteiger partial charge on any atom is 0.0788 e. The third kappa shape index (κ3) is 6.64. The van der Waals surface area contributed by atoms with Crippen molar-refractivity contribution in [3.8, 4) is 0 Å². The van der Waals surface area contributed by atoms with E-state index < -0.39 is 0 Å². The van der Waals surface area contributed by atoms with Crippen molar-refractivity contribution in [2.24, 2.45) is 0 Å². The van der Waals surface area contributed by atoms with E-state index in [1.165, 1.54) is 5.56 Å². The van der Waals surface area contributed by atoms with Crippen LogP contribution in [0.25, 0.3) is 0 Å². The first-order valence-electron chi connectivity index (χ1n) is 6.06. The van der Waals surface area contributed by atoms with Crippen molar-refractivity contribution >= 4 is 11.6 Å². The summed E-state index contributed by atoms with van der Waals surface area (Å²) >= 11 is 5.90. The van der Waals surface area contributed by atoms with Crippen molar-refractivity contribution in [3.05, 3.63) is 34.9 Å². The molecular formula is C13H21ClN2O. The topological polar surface area (TPSA) is 44.3 Å². The summed E-state index contributed by atoms with van der Waals surface area (Å²) in [4.78, 5) is 0. The molecule has 1 aromatic carbocycles. The molecule has 0 radical (unpaired) electrons. The minimum Gasteiger partial charge on any atom is -0.390 e. The van der Waals surface area contributed by atoms with Crippen LogP contribution >= 0.6 is 11.6 Å². The standard InChI is InChI=1S/C13H21ClN2O/c1-2-15-9-13(17)10-16-7-6-11-4-3-5-12(14)8-11/h3-5,8,13,15-17H,2,6-7,9-10H2,1H3. The Balaban J connectivity index is 2.11. The van der Waals surface area contributed by atoms with Crippen LogP contribution in [0.15, 0.2) is 24.3 Å². The second-order valence-electron chi connectivity index (χ2n) is 4.05. The van der Waals surface area contributed by atoms with Gasteiger partial charge in [0.25, 0.3) is 0 Å². The summed E-state index contributed by atoms with van der Waals surface area (Å²) in [6, 6.07) is 7.86. The number of rotatable bonds is 8. The van der Waals surface area contributed by atoms with E-state index in [1.807, 2.05) is 25.1 Å². The van der Waals surface area contributed by atoms with Gasteiger partial charge in [-0.25, -0.2) is 0 Å². The van der Waals surface area contributed by atoms with Crippen LogP contribution in [0.5, 0.6) is 0 Å². The second kappa shape index (κ2) is 8.48. The Bertz CT molecular complexity index is 320. The van der Waals surface area contributed by atoms with Crippen molar-refractivity contribution in [2.45, 2.75) is 19.4 Å². The highest BCUT2D eigenvalue weighted by molar-refractivity contribution is 6.30. The van der Waals surface area contributed by atoms with Crippen LogP contribution in [-0.2, 0) is 6.42 Å². The van der Waals surface area contributed by atoms with E-state index in [2.05, 4.69) is 16.7 Å². The van der Waals surface area contributed by atoms with E-state index in [4.69, 9.17) is 11.6 Å². The zero-order chi connectivity index (χ0) is 12.5. The van der Waals surface area contributed by atoms with Crippen LogP contribution in [0.1, 0.15) is 12.5 Å². The normalized spacial score (nSPS) is 12.6. The Kier molecular flexibility index (Phi) is 7.21. The summed E-state index contributed by atoms with van der Waals surface area (Å²) in [5, 5.41) is 16.7. The zero-order valence-corrected chi connectivity index (χ0v) is 11.0. The molecule has 4 heteroatoms. The highest BCUT2D eigenvalue weighted by atomic mass is 35.5. The minimum absolute atomic E-state index is 0.325. The number of hydrogen-bond donors (Lipinski definition) is 3. The molecular weight excluding hydrogens is 236 g/mol. The molecule has 0 saturated heterocycles. The average Bonchev–Trinajstić information content (AvgIpc) is 2.32. The van der Waals surface area contributed by atoms with Crippen molar-refractivity contribution in [1.82, 2.24) is 10.6 Å². The predicted molar refractivity (Wildman–Crippen MR) is 72.6 cm³/mol. The fourth-order valence-electron chi connectivity index (χ4n) is 1.58. The minimum atomic E-state index is -0.325. The van der Waals surface area contributed by atoms with E-state index in [0.717, 1.165) is 24.5 Å². The molecule has 1 aromatic rings. The van der Waals surface area contributed by atoms with Crippen LogP contribution < -0.4 is 10.6 Å². The van der Waals surface area contributed by atoms with Gasteiger partial charge in [-0.2, -0.15) is 0 Å². The molecule has 0 aliphatic rings. The van der Waals surface area contributed by atoms with Gasteiger partial charge in [0.2, 0.25) is 0 Å². The van der Waals surface area contributed by atoms with Gasteiger partial charge in [0, 0.05) is 18.1 Å². The van der Waals surface area contributed by atoms with Crippen LogP contribution in [0.4, 0.5) is 0 Å². The molecule has 1 rings (SSSR count). The molecule has 0 bridgehead atoms. The van der Waals surface area contributed by atoms with Gasteiger partial charge in [-0.05, 0) is 37.2 Å². The predicted octanol–water partition coefficient (Wildman–Crippen LogP) is 1.44. The van der Waals surface area contributed by atoms with Gasteiger partial charge in [-0.15, -0.1) is 0 Å². The van der Waals surface area contributed by atoms with E-state index in [0.29, 0.717) is 13.1 Å². The molecule has 0 aromatic heterocycles. The SMILES string of the molecule is CCNCC(O)CNCCc1cccc(Cl)c1. The van der Waals surface area contributed by atoms with E-state index in [-0.39, 0.29) is 6.10 Å². The fraction of sp³-hybridized carbons (Fsp3) is 0.538. The lowest BCUT2D eigenvalue weighted by atomic mass is 10.1. The van der Waals surface area contributed by atoms with Gasteiger partial charge in [-0.1, -0.05) is 30.7 Å². The summed E-state index contributed by atoms with van der Waals surface area (Å²) in [7, 11) is 0. The molecule has 3 N–H and O–H groups in total. The molecule has 1 atom stereocenters. The van der Waals surface area contributed by atoms with Gasteiger partial charge in [0.1, 0.15) is 0 Å². The van der Waals surface area contributed by atoms with Crippen molar-refractivity contribution < 1.29 is 5.11 Å². The Labute approximate surface area is 108 Å². The fourth-order valence-corrected chi connectivity index (χ4v) is 1.79. The first kappa shape index (κ1) is 14.5. The Morgan fingerprint density at radius 2 is 2.06 bits per heavy atom. The molecule has 1 unspecified atom stereocenters. The lowest BCUT2D eigenvalue weighted by Gasteiger charge is -2.12. The van der Waals surface area contributed by atoms with Gasteiger partial charge in [0.15, 0.2) is 0 Å². The molecule has 0 saturated carbocycles. The third-order valence-electron chi connectivity index (χ3n) is 2.49. The lowest BCUT2D eigenvalue weighted by Crippen LogP contribution is -2.36. The number of halogens is 1. The first-order valence-corrected chi connectivity index (χ1v) is 6.44. The number of benzene rings is 1. The van der Waals surface area contributed by atoms with Gasteiger partial charge >= 0.3 is 0 Å². The van der Waals surface area contributed by atoms with Crippen LogP contribution in [-0.4, -0.2) is 37.4 Å². The molecule has 0 spiro atoms. The van der Waals surface area contributed by atoms with Gasteiger partial charge in [0.05, 0.1) is 6.10 Å². The Hall–Kier alpha value is -0.610. The van der Waals surface area contributed by atoms with Crippen LogP contribution in [0.3, 0.4) is 0 Å². The van der Waals surface area contributed by atoms with Gasteiger partial charge in [-0.3, -0.25) is 0 Å². The smallest absolute Gasteiger partial charge is 0.0788 e. The molecule has 0 amide bonds. The maximum atomic E-state index is 9.58. The number of likely N-dealkylation sites (N-methyl/N-ethyl adjacent to an activating group) is 1. The Morgan fingerprint density at radius 3 is 2.76 bits per heavy atom. The highest BCUT2D eigenvalue weighted by Gasteiger charge is 2.01. The second-order valence-corrected chi connectivity index (χ2v) is 4.48. The van der Waals surface area contributed by atoms with E-state index >= 15 is 0 Å². The van der Waals surface area contributed by atoms with Crippen molar-refractivity contribution in [3.63, 3.8) is 0 Å². The molecule has 0 aliphatic carbocycles. The van der Waals surface area contributed by atoms with Crippen LogP contribution in [0.2, 0.25) is 5.02 Å². The summed E-state index contributed by atoms with van der Waals surface area (Å²) in [6.07, 6.45) is 0.600. The Morgan fingerprint density at radius 1 is 1.29 bits per heavy atom. The molecule has 0 aliphatic heterocycles. The van der Waals surface area contributed by atoms with Crippen molar-refractivity contribution in [1.29, 1.82) is 0 Å². The molecule has 3 nitrogen and oxygen atoms in total. The molecule has 0 fully saturated rings. The summed E-state index contributed by atoms with van der Waals surface area (Å²) in [5.74, 6) is 0. The molecule has 0 heterocycles. The molecule has 96 valence electrons. The summed E-state index contributed by atoms with van der Waals surface area (Å²) in [6.45, 7) is 5.02.